The number of hydrogen-bond acceptors (Lipinski definition) is 5. The number of nitrogens with one attached hydrogen (secondary N) is 1. The van der Waals surface area contributed by atoms with E-state index in [4.69, 9.17) is 4.74 Å². The zero-order chi connectivity index (χ0) is 12.8. The van der Waals surface area contributed by atoms with Crippen molar-refractivity contribution in [3.63, 3.8) is 0 Å². The summed E-state index contributed by atoms with van der Waals surface area (Å²) in [5.41, 5.74) is 0. The SMILES string of the molecule is CCn1cc(OCC(O)CN2CCNCC2)cn1. The summed E-state index contributed by atoms with van der Waals surface area (Å²) in [4.78, 5) is 2.25. The van der Waals surface area contributed by atoms with Crippen molar-refractivity contribution in [2.24, 2.45) is 0 Å². The molecule has 2 rings (SSSR count). The number of piperazine rings is 1. The molecule has 1 fully saturated rings. The maximum Gasteiger partial charge on any atom is 0.157 e. The third-order valence-electron chi connectivity index (χ3n) is 3.05. The number of hydrogen-bond donors (Lipinski definition) is 2. The van der Waals surface area contributed by atoms with Crippen LogP contribution in [0.2, 0.25) is 0 Å². The molecule has 1 aromatic rings. The van der Waals surface area contributed by atoms with Crippen molar-refractivity contribution in [2.45, 2.75) is 19.6 Å². The zero-order valence-electron chi connectivity index (χ0n) is 10.9. The van der Waals surface area contributed by atoms with E-state index < -0.39 is 6.10 Å². The highest BCUT2D eigenvalue weighted by Crippen LogP contribution is 2.08. The van der Waals surface area contributed by atoms with E-state index in [1.54, 1.807) is 10.9 Å². The van der Waals surface area contributed by atoms with Gasteiger partial charge in [-0.2, -0.15) is 5.10 Å². The first kappa shape index (κ1) is 13.3. The molecule has 1 aromatic heterocycles. The number of ether oxygens (including phenoxy) is 1. The van der Waals surface area contributed by atoms with Crippen LogP contribution in [0.5, 0.6) is 5.75 Å². The molecule has 0 saturated carbocycles. The van der Waals surface area contributed by atoms with Crippen molar-refractivity contribution in [2.75, 3.05) is 39.3 Å². The molecule has 0 aliphatic carbocycles. The average molecular weight is 254 g/mol. The Hall–Kier alpha value is -1.11. The molecule has 2 heterocycles. The van der Waals surface area contributed by atoms with Gasteiger partial charge >= 0.3 is 0 Å². The van der Waals surface area contributed by atoms with Crippen molar-refractivity contribution < 1.29 is 9.84 Å². The van der Waals surface area contributed by atoms with Gasteiger partial charge < -0.3 is 15.2 Å². The van der Waals surface area contributed by atoms with Crippen LogP contribution < -0.4 is 10.1 Å². The minimum absolute atomic E-state index is 0.319. The fraction of sp³-hybridized carbons (Fsp3) is 0.750. The minimum Gasteiger partial charge on any atom is -0.488 e. The van der Waals surface area contributed by atoms with Crippen LogP contribution in [0.1, 0.15) is 6.92 Å². The minimum atomic E-state index is -0.451. The number of rotatable bonds is 6. The summed E-state index contributed by atoms with van der Waals surface area (Å²) in [5.74, 6) is 0.719. The van der Waals surface area contributed by atoms with Crippen molar-refractivity contribution in [3.05, 3.63) is 12.4 Å². The molecular formula is C12H22N4O2. The Morgan fingerprint density at radius 1 is 1.50 bits per heavy atom. The van der Waals surface area contributed by atoms with Crippen LogP contribution in [-0.2, 0) is 6.54 Å². The van der Waals surface area contributed by atoms with Gasteiger partial charge in [-0.25, -0.2) is 0 Å². The smallest absolute Gasteiger partial charge is 0.157 e. The van der Waals surface area contributed by atoms with Gasteiger partial charge in [0.2, 0.25) is 0 Å². The van der Waals surface area contributed by atoms with E-state index >= 15 is 0 Å². The van der Waals surface area contributed by atoms with Gasteiger partial charge in [-0.15, -0.1) is 0 Å². The van der Waals surface area contributed by atoms with Gasteiger partial charge in [-0.3, -0.25) is 9.58 Å². The Bertz CT molecular complexity index is 350. The summed E-state index contributed by atoms with van der Waals surface area (Å²) in [6.07, 6.45) is 3.08. The Morgan fingerprint density at radius 2 is 2.28 bits per heavy atom. The summed E-state index contributed by atoms with van der Waals surface area (Å²) >= 11 is 0. The lowest BCUT2D eigenvalue weighted by atomic mass is 10.3. The van der Waals surface area contributed by atoms with Crippen molar-refractivity contribution in [1.29, 1.82) is 0 Å². The third kappa shape index (κ3) is 3.97. The van der Waals surface area contributed by atoms with Gasteiger partial charge in [0.25, 0.3) is 0 Å². The van der Waals surface area contributed by atoms with Gasteiger partial charge in [0.15, 0.2) is 5.75 Å². The number of aliphatic hydroxyl groups is 1. The molecule has 0 bridgehead atoms. The third-order valence-corrected chi connectivity index (χ3v) is 3.05. The molecule has 102 valence electrons. The number of aryl methyl sites for hydroxylation is 1. The lowest BCUT2D eigenvalue weighted by molar-refractivity contribution is 0.0641. The normalized spacial score (nSPS) is 18.8. The Balaban J connectivity index is 1.68. The first-order valence-electron chi connectivity index (χ1n) is 6.54. The highest BCUT2D eigenvalue weighted by Gasteiger charge is 2.14. The zero-order valence-corrected chi connectivity index (χ0v) is 10.9. The molecule has 0 radical (unpaired) electrons. The van der Waals surface area contributed by atoms with E-state index in [-0.39, 0.29) is 0 Å². The molecule has 1 saturated heterocycles. The quantitative estimate of drug-likeness (QED) is 0.720. The second-order valence-electron chi connectivity index (χ2n) is 4.55. The summed E-state index contributed by atoms with van der Waals surface area (Å²) < 4.78 is 7.32. The van der Waals surface area contributed by atoms with Gasteiger partial charge in [0.1, 0.15) is 12.7 Å². The van der Waals surface area contributed by atoms with Gasteiger partial charge in [0, 0.05) is 39.3 Å². The van der Waals surface area contributed by atoms with Crippen LogP contribution in [0.4, 0.5) is 0 Å². The topological polar surface area (TPSA) is 62.6 Å². The molecule has 0 amide bonds. The van der Waals surface area contributed by atoms with Crippen molar-refractivity contribution >= 4 is 0 Å². The van der Waals surface area contributed by atoms with E-state index in [1.165, 1.54) is 0 Å². The van der Waals surface area contributed by atoms with Crippen LogP contribution in [0, 0.1) is 0 Å². The molecule has 0 spiro atoms. The number of β-amino-alcohol motifs (C(OH)–C–C–N with tert-alkyl or cyclic N) is 1. The molecule has 2 N–H and O–H groups in total. The van der Waals surface area contributed by atoms with Crippen molar-refractivity contribution in [3.8, 4) is 5.75 Å². The van der Waals surface area contributed by atoms with E-state index in [1.807, 2.05) is 13.1 Å². The van der Waals surface area contributed by atoms with Crippen molar-refractivity contribution in [1.82, 2.24) is 20.0 Å². The Labute approximate surface area is 108 Å². The Morgan fingerprint density at radius 3 is 2.94 bits per heavy atom. The summed E-state index contributed by atoms with van der Waals surface area (Å²) in [7, 11) is 0. The summed E-state index contributed by atoms with van der Waals surface area (Å²) in [6, 6.07) is 0. The molecule has 6 heteroatoms. The summed E-state index contributed by atoms with van der Waals surface area (Å²) in [6.45, 7) is 7.81. The fourth-order valence-electron chi connectivity index (χ4n) is 2.03. The first-order valence-corrected chi connectivity index (χ1v) is 6.54. The second kappa shape index (κ2) is 6.72. The monoisotopic (exact) mass is 254 g/mol. The maximum atomic E-state index is 9.91. The predicted octanol–water partition coefficient (Wildman–Crippen LogP) is -0.452. The molecule has 1 atom stereocenters. The molecule has 18 heavy (non-hydrogen) atoms. The van der Waals surface area contributed by atoms with Gasteiger partial charge in [-0.1, -0.05) is 0 Å². The van der Waals surface area contributed by atoms with Crippen LogP contribution >= 0.6 is 0 Å². The van der Waals surface area contributed by atoms with E-state index in [0.717, 1.165) is 38.5 Å². The van der Waals surface area contributed by atoms with Gasteiger partial charge in [0.05, 0.1) is 12.4 Å². The average Bonchev–Trinajstić information content (AvgIpc) is 2.85. The number of aromatic nitrogens is 2. The van der Waals surface area contributed by atoms with Crippen LogP contribution in [0.15, 0.2) is 12.4 Å². The second-order valence-corrected chi connectivity index (χ2v) is 4.55. The van der Waals surface area contributed by atoms with E-state index in [2.05, 4.69) is 15.3 Å². The molecule has 6 nitrogen and oxygen atoms in total. The fourth-order valence-corrected chi connectivity index (χ4v) is 2.03. The molecule has 1 aliphatic heterocycles. The van der Waals surface area contributed by atoms with Crippen LogP contribution in [0.25, 0.3) is 0 Å². The molecule has 1 aliphatic rings. The highest BCUT2D eigenvalue weighted by atomic mass is 16.5. The Kier molecular flexibility index (Phi) is 4.98. The van der Waals surface area contributed by atoms with E-state index in [9.17, 15) is 5.11 Å². The van der Waals surface area contributed by atoms with Crippen LogP contribution in [0.3, 0.4) is 0 Å². The predicted molar refractivity (Wildman–Crippen MR) is 68.7 cm³/mol. The molecule has 1 unspecified atom stereocenters. The summed E-state index contributed by atoms with van der Waals surface area (Å²) in [5, 5.41) is 17.3. The lowest BCUT2D eigenvalue weighted by Gasteiger charge is -2.28. The lowest BCUT2D eigenvalue weighted by Crippen LogP contribution is -2.47. The largest absolute Gasteiger partial charge is 0.488 e. The first-order chi connectivity index (χ1) is 8.78. The van der Waals surface area contributed by atoms with E-state index in [0.29, 0.717) is 13.2 Å². The number of nitrogens with zero attached hydrogens (tertiary/aromatic N) is 3. The molecule has 0 aromatic carbocycles. The van der Waals surface area contributed by atoms with Crippen LogP contribution in [-0.4, -0.2) is 65.2 Å². The number of aliphatic hydroxyl groups excluding tert-OH is 1. The van der Waals surface area contributed by atoms with Gasteiger partial charge in [-0.05, 0) is 6.92 Å². The highest BCUT2D eigenvalue weighted by molar-refractivity contribution is 5.11. The standard InChI is InChI=1S/C12H22N4O2/c1-2-16-9-12(7-14-16)18-10-11(17)8-15-5-3-13-4-6-15/h7,9,11,13,17H,2-6,8,10H2,1H3. The molecular weight excluding hydrogens is 232 g/mol. The maximum absolute atomic E-state index is 9.91.